The largest absolute Gasteiger partial charge is 0.457 e. The Morgan fingerprint density at radius 1 is 1.00 bits per heavy atom. The minimum atomic E-state index is -3.71. The van der Waals surface area contributed by atoms with Crippen LogP contribution < -0.4 is 4.72 Å². The number of carbonyl (C=O) groups excluding carboxylic acids is 1. The highest BCUT2D eigenvalue weighted by molar-refractivity contribution is 7.89. The van der Waals surface area contributed by atoms with Crippen LogP contribution >= 0.6 is 11.3 Å². The molecule has 3 aromatic rings. The summed E-state index contributed by atoms with van der Waals surface area (Å²) in [6.07, 6.45) is 0. The maximum absolute atomic E-state index is 12.4. The number of thiophene rings is 1. The maximum Gasteiger partial charge on any atom is 0.338 e. The molecule has 0 spiro atoms. The minimum absolute atomic E-state index is 0.0308. The number of esters is 1. The molecule has 1 heterocycles. The smallest absolute Gasteiger partial charge is 0.338 e. The number of carbonyl (C=O) groups is 1. The molecule has 7 heteroatoms. The number of hydrogen-bond acceptors (Lipinski definition) is 5. The van der Waals surface area contributed by atoms with Crippen LogP contribution in [0.4, 0.5) is 0 Å². The molecule has 0 saturated heterocycles. The highest BCUT2D eigenvalue weighted by Crippen LogP contribution is 2.15. The number of hydrogen-bond donors (Lipinski definition) is 1. The van der Waals surface area contributed by atoms with Crippen LogP contribution in [-0.4, -0.2) is 14.4 Å². The van der Waals surface area contributed by atoms with Crippen molar-refractivity contribution in [3.8, 4) is 0 Å². The molecule has 5 nitrogen and oxygen atoms in total. The van der Waals surface area contributed by atoms with Crippen molar-refractivity contribution < 1.29 is 17.9 Å². The van der Waals surface area contributed by atoms with Crippen LogP contribution in [0.3, 0.4) is 0 Å². The zero-order valence-corrected chi connectivity index (χ0v) is 15.4. The van der Waals surface area contributed by atoms with Crippen molar-refractivity contribution >= 4 is 27.3 Å². The Morgan fingerprint density at radius 2 is 1.81 bits per heavy atom. The van der Waals surface area contributed by atoms with Gasteiger partial charge in [-0.1, -0.05) is 42.5 Å². The first-order chi connectivity index (χ1) is 12.5. The van der Waals surface area contributed by atoms with Gasteiger partial charge in [0.15, 0.2) is 0 Å². The second-order valence-electron chi connectivity index (χ2n) is 5.49. The molecular weight excluding hydrogens is 370 g/mol. The summed E-state index contributed by atoms with van der Waals surface area (Å²) in [5, 5.41) is 1.88. The number of rotatable bonds is 7. The molecule has 0 aliphatic heterocycles. The fourth-order valence-corrected chi connectivity index (χ4v) is 4.05. The van der Waals surface area contributed by atoms with E-state index in [0.29, 0.717) is 0 Å². The lowest BCUT2D eigenvalue weighted by molar-refractivity contribution is 0.0472. The van der Waals surface area contributed by atoms with Crippen LogP contribution in [0.2, 0.25) is 0 Å². The van der Waals surface area contributed by atoms with Crippen LogP contribution in [-0.2, 0) is 27.9 Å². The summed E-state index contributed by atoms with van der Waals surface area (Å²) in [5.74, 6) is -0.566. The monoisotopic (exact) mass is 387 g/mol. The van der Waals surface area contributed by atoms with Gasteiger partial charge in [-0.25, -0.2) is 17.9 Å². The summed E-state index contributed by atoms with van der Waals surface area (Å²) in [7, 11) is -3.71. The Morgan fingerprint density at radius 3 is 2.54 bits per heavy atom. The van der Waals surface area contributed by atoms with Gasteiger partial charge < -0.3 is 4.74 Å². The fraction of sp³-hybridized carbons (Fsp3) is 0.105. The summed E-state index contributed by atoms with van der Waals surface area (Å²) in [6.45, 7) is 0.343. The zero-order chi connectivity index (χ0) is 18.4. The van der Waals surface area contributed by atoms with Crippen molar-refractivity contribution in [2.24, 2.45) is 0 Å². The van der Waals surface area contributed by atoms with E-state index in [-0.39, 0.29) is 23.6 Å². The van der Waals surface area contributed by atoms with Crippen LogP contribution in [0, 0.1) is 0 Å². The summed E-state index contributed by atoms with van der Waals surface area (Å²) in [4.78, 5) is 13.1. The molecule has 0 saturated carbocycles. The number of sulfonamides is 1. The van der Waals surface area contributed by atoms with Gasteiger partial charge in [0.25, 0.3) is 0 Å². The van der Waals surface area contributed by atoms with E-state index in [4.69, 9.17) is 4.74 Å². The second kappa shape index (κ2) is 8.27. The van der Waals surface area contributed by atoms with Crippen LogP contribution in [0.25, 0.3) is 0 Å². The van der Waals surface area contributed by atoms with E-state index in [1.807, 2.05) is 47.8 Å². The van der Waals surface area contributed by atoms with Crippen molar-refractivity contribution in [1.29, 1.82) is 0 Å². The molecule has 0 fully saturated rings. The van der Waals surface area contributed by atoms with Crippen LogP contribution in [0.1, 0.15) is 20.8 Å². The standard InChI is InChI=1S/C19H17NO4S2/c21-19(24-14-15-6-2-1-3-7-15)16-8-4-10-18(12-16)26(22,23)20-13-17-9-5-11-25-17/h1-12,20H,13-14H2. The summed E-state index contributed by atoms with van der Waals surface area (Å²) in [6, 6.07) is 18.8. The maximum atomic E-state index is 12.4. The van der Waals surface area contributed by atoms with Crippen molar-refractivity contribution in [1.82, 2.24) is 4.72 Å². The minimum Gasteiger partial charge on any atom is -0.457 e. The van der Waals surface area contributed by atoms with Gasteiger partial charge in [0.2, 0.25) is 10.0 Å². The van der Waals surface area contributed by atoms with E-state index in [1.165, 1.54) is 35.6 Å². The molecule has 134 valence electrons. The molecule has 0 radical (unpaired) electrons. The first-order valence-corrected chi connectivity index (χ1v) is 10.2. The molecule has 2 aromatic carbocycles. The molecular formula is C19H17NO4S2. The van der Waals surface area contributed by atoms with Crippen LogP contribution in [0.5, 0.6) is 0 Å². The molecule has 0 aliphatic rings. The molecule has 3 rings (SSSR count). The molecule has 1 N–H and O–H groups in total. The lowest BCUT2D eigenvalue weighted by Gasteiger charge is -2.08. The van der Waals surface area contributed by atoms with Crippen molar-refractivity contribution in [2.75, 3.05) is 0 Å². The number of nitrogens with one attached hydrogen (secondary N) is 1. The van der Waals surface area contributed by atoms with E-state index in [1.54, 1.807) is 0 Å². The van der Waals surface area contributed by atoms with Gasteiger partial charge in [0.1, 0.15) is 6.61 Å². The predicted molar refractivity (Wildman–Crippen MR) is 100 cm³/mol. The number of benzene rings is 2. The van der Waals surface area contributed by atoms with E-state index < -0.39 is 16.0 Å². The van der Waals surface area contributed by atoms with Crippen molar-refractivity contribution in [3.05, 3.63) is 88.1 Å². The summed E-state index contributed by atoms with van der Waals surface area (Å²) < 4.78 is 32.6. The normalized spacial score (nSPS) is 11.2. The first-order valence-electron chi connectivity index (χ1n) is 7.88. The molecule has 26 heavy (non-hydrogen) atoms. The zero-order valence-electron chi connectivity index (χ0n) is 13.8. The topological polar surface area (TPSA) is 72.5 Å². The first kappa shape index (κ1) is 18.3. The molecule has 0 atom stereocenters. The summed E-state index contributed by atoms with van der Waals surface area (Å²) >= 11 is 1.47. The van der Waals surface area contributed by atoms with Crippen LogP contribution in [0.15, 0.2) is 77.0 Å². The summed E-state index contributed by atoms with van der Waals surface area (Å²) in [5.41, 5.74) is 1.06. The predicted octanol–water partition coefficient (Wildman–Crippen LogP) is 3.58. The fourth-order valence-electron chi connectivity index (χ4n) is 2.26. The van der Waals surface area contributed by atoms with Gasteiger partial charge in [-0.15, -0.1) is 11.3 Å². The third kappa shape index (κ3) is 4.78. The van der Waals surface area contributed by atoms with E-state index in [9.17, 15) is 13.2 Å². The average Bonchev–Trinajstić information content (AvgIpc) is 3.19. The molecule has 1 aromatic heterocycles. The van der Waals surface area contributed by atoms with Gasteiger partial charge in [-0.2, -0.15) is 0 Å². The van der Waals surface area contributed by atoms with E-state index >= 15 is 0 Å². The van der Waals surface area contributed by atoms with E-state index in [2.05, 4.69) is 4.72 Å². The molecule has 0 aliphatic carbocycles. The van der Waals surface area contributed by atoms with Gasteiger partial charge in [0.05, 0.1) is 10.5 Å². The Bertz CT molecular complexity index is 968. The molecule has 0 bridgehead atoms. The highest BCUT2D eigenvalue weighted by Gasteiger charge is 2.17. The SMILES string of the molecule is O=C(OCc1ccccc1)c1cccc(S(=O)(=O)NCc2cccs2)c1. The van der Waals surface area contributed by atoms with E-state index in [0.717, 1.165) is 10.4 Å². The highest BCUT2D eigenvalue weighted by atomic mass is 32.2. The Hall–Kier alpha value is -2.48. The third-order valence-corrected chi connectivity index (χ3v) is 5.88. The van der Waals surface area contributed by atoms with Crippen molar-refractivity contribution in [2.45, 2.75) is 18.0 Å². The Balaban J connectivity index is 1.67. The Labute approximate surface area is 156 Å². The lowest BCUT2D eigenvalue weighted by atomic mass is 10.2. The van der Waals surface area contributed by atoms with Gasteiger partial charge in [-0.3, -0.25) is 0 Å². The average molecular weight is 387 g/mol. The third-order valence-electron chi connectivity index (χ3n) is 3.61. The quantitative estimate of drug-likeness (QED) is 0.629. The molecule has 0 unspecified atom stereocenters. The van der Waals surface area contributed by atoms with Gasteiger partial charge in [0, 0.05) is 11.4 Å². The van der Waals surface area contributed by atoms with Crippen molar-refractivity contribution in [3.63, 3.8) is 0 Å². The van der Waals surface area contributed by atoms with Gasteiger partial charge >= 0.3 is 5.97 Å². The van der Waals surface area contributed by atoms with Gasteiger partial charge in [-0.05, 0) is 35.2 Å². The number of ether oxygens (including phenoxy) is 1. The Kier molecular flexibility index (Phi) is 5.82. The second-order valence-corrected chi connectivity index (χ2v) is 8.29. The lowest BCUT2D eigenvalue weighted by Crippen LogP contribution is -2.23. The molecule has 0 amide bonds.